The Labute approximate surface area is 111 Å². The van der Waals surface area contributed by atoms with Crippen molar-refractivity contribution in [2.45, 2.75) is 18.6 Å². The van der Waals surface area contributed by atoms with Crippen LogP contribution in [-0.4, -0.2) is 39.9 Å². The van der Waals surface area contributed by atoms with Gasteiger partial charge in [-0.05, 0) is 12.5 Å². The van der Waals surface area contributed by atoms with Gasteiger partial charge in [0.1, 0.15) is 0 Å². The molecule has 1 fully saturated rings. The van der Waals surface area contributed by atoms with Crippen LogP contribution in [0.1, 0.15) is 23.7 Å². The summed E-state index contributed by atoms with van der Waals surface area (Å²) in [6, 6.07) is 1.69. The van der Waals surface area contributed by atoms with E-state index in [-0.39, 0.29) is 5.91 Å². The van der Waals surface area contributed by atoms with E-state index in [9.17, 15) is 4.79 Å². The number of thioether (sulfide) groups is 1. The number of carbonyl (C=O) groups is 1. The molecule has 0 saturated carbocycles. The highest BCUT2D eigenvalue weighted by Gasteiger charge is 2.24. The lowest BCUT2D eigenvalue weighted by molar-refractivity contribution is 0.0761. The van der Waals surface area contributed by atoms with Gasteiger partial charge in [0.15, 0.2) is 0 Å². The molecule has 1 aromatic heterocycles. The van der Waals surface area contributed by atoms with Crippen LogP contribution in [0, 0.1) is 0 Å². The van der Waals surface area contributed by atoms with Gasteiger partial charge in [0.2, 0.25) is 0 Å². The van der Waals surface area contributed by atoms with Crippen LogP contribution in [-0.2, 0) is 0 Å². The second kappa shape index (κ2) is 5.74. The van der Waals surface area contributed by atoms with Crippen molar-refractivity contribution in [3.8, 4) is 0 Å². The van der Waals surface area contributed by atoms with Gasteiger partial charge in [0.25, 0.3) is 5.91 Å². The van der Waals surface area contributed by atoms with Crippen molar-refractivity contribution in [1.29, 1.82) is 0 Å². The monoisotopic (exact) mass is 270 g/mol. The summed E-state index contributed by atoms with van der Waals surface area (Å²) in [4.78, 5) is 18.1. The summed E-state index contributed by atoms with van der Waals surface area (Å²) >= 11 is 7.94. The van der Waals surface area contributed by atoms with Crippen LogP contribution in [0.4, 0.5) is 0 Å². The molecular formula is C12H15ClN2OS. The smallest absolute Gasteiger partial charge is 0.255 e. The van der Waals surface area contributed by atoms with E-state index < -0.39 is 0 Å². The van der Waals surface area contributed by atoms with Crippen LogP contribution in [0.2, 0.25) is 5.02 Å². The van der Waals surface area contributed by atoms with E-state index in [4.69, 9.17) is 11.6 Å². The first-order chi connectivity index (χ1) is 8.22. The molecule has 0 aromatic carbocycles. The first-order valence-corrected chi connectivity index (χ1v) is 7.15. The van der Waals surface area contributed by atoms with Crippen molar-refractivity contribution in [3.63, 3.8) is 0 Å². The summed E-state index contributed by atoms with van der Waals surface area (Å²) in [6.07, 6.45) is 4.22. The normalized spacial score (nSPS) is 20.4. The minimum atomic E-state index is 0.0242. The highest BCUT2D eigenvalue weighted by molar-refractivity contribution is 8.00. The van der Waals surface area contributed by atoms with Gasteiger partial charge in [0.05, 0.1) is 10.6 Å². The number of carbonyl (C=O) groups excluding carboxylic acids is 1. The largest absolute Gasteiger partial charge is 0.337 e. The molecule has 17 heavy (non-hydrogen) atoms. The van der Waals surface area contributed by atoms with Crippen molar-refractivity contribution in [2.75, 3.05) is 18.8 Å². The topological polar surface area (TPSA) is 33.2 Å². The molecule has 1 saturated heterocycles. The van der Waals surface area contributed by atoms with Gasteiger partial charge in [-0.2, -0.15) is 11.8 Å². The fourth-order valence-electron chi connectivity index (χ4n) is 1.87. The molecule has 2 rings (SSSR count). The van der Waals surface area contributed by atoms with Crippen LogP contribution < -0.4 is 0 Å². The summed E-state index contributed by atoms with van der Waals surface area (Å²) in [5.41, 5.74) is 0.559. The Bertz CT molecular complexity index is 413. The predicted octanol–water partition coefficient (Wildman–Crippen LogP) is 2.70. The lowest BCUT2D eigenvalue weighted by Gasteiger charge is -2.32. The third-order valence-electron chi connectivity index (χ3n) is 2.88. The Morgan fingerprint density at radius 3 is 3.24 bits per heavy atom. The third-order valence-corrected chi connectivity index (χ3v) is 4.56. The summed E-state index contributed by atoms with van der Waals surface area (Å²) in [7, 11) is 0. The standard InChI is InChI=1S/C12H15ClN2OS/c1-2-9-8-15(5-6-17-9)12(16)10-3-4-14-7-11(10)13/h3-4,7,9H,2,5-6,8H2,1H3. The van der Waals surface area contributed by atoms with Crippen molar-refractivity contribution >= 4 is 29.3 Å². The van der Waals surface area contributed by atoms with E-state index >= 15 is 0 Å². The molecule has 0 radical (unpaired) electrons. The zero-order valence-electron chi connectivity index (χ0n) is 9.73. The highest BCUT2D eigenvalue weighted by atomic mass is 35.5. The van der Waals surface area contributed by atoms with Gasteiger partial charge < -0.3 is 4.90 Å². The van der Waals surface area contributed by atoms with Crippen LogP contribution >= 0.6 is 23.4 Å². The number of rotatable bonds is 2. The Morgan fingerprint density at radius 2 is 2.53 bits per heavy atom. The van der Waals surface area contributed by atoms with E-state index in [0.29, 0.717) is 15.8 Å². The molecule has 1 atom stereocenters. The Balaban J connectivity index is 2.12. The predicted molar refractivity (Wildman–Crippen MR) is 71.7 cm³/mol. The molecular weight excluding hydrogens is 256 g/mol. The number of halogens is 1. The van der Waals surface area contributed by atoms with Crippen LogP contribution in [0.25, 0.3) is 0 Å². The molecule has 0 N–H and O–H groups in total. The average Bonchev–Trinajstić information content (AvgIpc) is 2.38. The van der Waals surface area contributed by atoms with Crippen LogP contribution in [0.5, 0.6) is 0 Å². The molecule has 1 unspecified atom stereocenters. The molecule has 1 amide bonds. The Kier molecular flexibility index (Phi) is 4.29. The number of pyridine rings is 1. The summed E-state index contributed by atoms with van der Waals surface area (Å²) < 4.78 is 0. The Hall–Kier alpha value is -0.740. The summed E-state index contributed by atoms with van der Waals surface area (Å²) in [5, 5.41) is 0.983. The van der Waals surface area contributed by atoms with Gasteiger partial charge in [-0.3, -0.25) is 9.78 Å². The van der Waals surface area contributed by atoms with Gasteiger partial charge >= 0.3 is 0 Å². The van der Waals surface area contributed by atoms with Gasteiger partial charge in [-0.15, -0.1) is 0 Å². The lowest BCUT2D eigenvalue weighted by atomic mass is 10.2. The van der Waals surface area contributed by atoms with E-state index in [1.54, 1.807) is 12.3 Å². The van der Waals surface area contributed by atoms with Gasteiger partial charge in [-0.25, -0.2) is 0 Å². The van der Waals surface area contributed by atoms with Gasteiger partial charge in [-0.1, -0.05) is 18.5 Å². The van der Waals surface area contributed by atoms with Crippen molar-refractivity contribution < 1.29 is 4.79 Å². The van der Waals surface area contributed by atoms with Crippen molar-refractivity contribution in [3.05, 3.63) is 29.0 Å². The van der Waals surface area contributed by atoms with E-state index in [0.717, 1.165) is 25.3 Å². The molecule has 1 aromatic rings. The molecule has 0 bridgehead atoms. The van der Waals surface area contributed by atoms with E-state index in [2.05, 4.69) is 11.9 Å². The first kappa shape index (κ1) is 12.7. The number of nitrogens with zero attached hydrogens (tertiary/aromatic N) is 2. The van der Waals surface area contributed by atoms with E-state index in [1.807, 2.05) is 16.7 Å². The first-order valence-electron chi connectivity index (χ1n) is 5.72. The molecule has 3 nitrogen and oxygen atoms in total. The molecule has 1 aliphatic rings. The molecule has 2 heterocycles. The fraction of sp³-hybridized carbons (Fsp3) is 0.500. The SMILES string of the molecule is CCC1CN(C(=O)c2ccncc2Cl)CCS1. The van der Waals surface area contributed by atoms with Crippen LogP contribution in [0.15, 0.2) is 18.5 Å². The lowest BCUT2D eigenvalue weighted by Crippen LogP contribution is -2.41. The molecule has 5 heteroatoms. The average molecular weight is 271 g/mol. The van der Waals surface area contributed by atoms with E-state index in [1.165, 1.54) is 6.20 Å². The van der Waals surface area contributed by atoms with Crippen molar-refractivity contribution in [1.82, 2.24) is 9.88 Å². The minimum Gasteiger partial charge on any atom is -0.337 e. The zero-order valence-corrected chi connectivity index (χ0v) is 11.3. The molecule has 1 aliphatic heterocycles. The molecule has 0 spiro atoms. The number of aromatic nitrogens is 1. The maximum Gasteiger partial charge on any atom is 0.255 e. The van der Waals surface area contributed by atoms with Crippen molar-refractivity contribution in [2.24, 2.45) is 0 Å². The minimum absolute atomic E-state index is 0.0242. The number of amides is 1. The Morgan fingerprint density at radius 1 is 1.71 bits per heavy atom. The summed E-state index contributed by atoms with van der Waals surface area (Å²) in [5.74, 6) is 1.03. The molecule has 92 valence electrons. The summed E-state index contributed by atoms with van der Waals surface area (Å²) in [6.45, 7) is 3.78. The number of hydrogen-bond donors (Lipinski definition) is 0. The van der Waals surface area contributed by atoms with Gasteiger partial charge in [0, 0.05) is 36.5 Å². The maximum atomic E-state index is 12.3. The second-order valence-electron chi connectivity index (χ2n) is 4.01. The highest BCUT2D eigenvalue weighted by Crippen LogP contribution is 2.24. The fourth-order valence-corrected chi connectivity index (χ4v) is 3.25. The number of hydrogen-bond acceptors (Lipinski definition) is 3. The zero-order chi connectivity index (χ0) is 12.3. The quantitative estimate of drug-likeness (QED) is 0.828. The second-order valence-corrected chi connectivity index (χ2v) is 5.82. The third kappa shape index (κ3) is 2.93. The van der Waals surface area contributed by atoms with Crippen LogP contribution in [0.3, 0.4) is 0 Å². The maximum absolute atomic E-state index is 12.3. The molecule has 0 aliphatic carbocycles.